The van der Waals surface area contributed by atoms with E-state index in [4.69, 9.17) is 10.5 Å². The lowest BCUT2D eigenvalue weighted by Crippen LogP contribution is -2.35. The van der Waals surface area contributed by atoms with Crippen LogP contribution in [0.25, 0.3) is 0 Å². The molecule has 1 aromatic heterocycles. The Balaban J connectivity index is 2.91. The summed E-state index contributed by atoms with van der Waals surface area (Å²) in [6.45, 7) is 6.34. The van der Waals surface area contributed by atoms with Gasteiger partial charge in [-0.3, -0.25) is 4.98 Å². The van der Waals surface area contributed by atoms with Gasteiger partial charge in [-0.05, 0) is 26.0 Å². The number of nitrogens with zero attached hydrogens (tertiary/aromatic N) is 2. The van der Waals surface area contributed by atoms with Crippen LogP contribution in [-0.2, 0) is 11.3 Å². The quantitative estimate of drug-likeness (QED) is 0.792. The summed E-state index contributed by atoms with van der Waals surface area (Å²) in [5.41, 5.74) is 7.74. The van der Waals surface area contributed by atoms with Gasteiger partial charge in [-0.15, -0.1) is 0 Å². The molecule has 0 unspecified atom stereocenters. The number of hydrogen-bond acceptors (Lipinski definition) is 4. The van der Waals surface area contributed by atoms with Gasteiger partial charge in [-0.1, -0.05) is 0 Å². The van der Waals surface area contributed by atoms with Crippen LogP contribution >= 0.6 is 0 Å². The van der Waals surface area contributed by atoms with Crippen molar-refractivity contribution in [3.05, 3.63) is 24.0 Å². The van der Waals surface area contributed by atoms with E-state index in [1.807, 2.05) is 6.07 Å². The summed E-state index contributed by atoms with van der Waals surface area (Å²) in [6.07, 6.45) is 1.78. The van der Waals surface area contributed by atoms with Crippen molar-refractivity contribution in [3.63, 3.8) is 0 Å². The first-order valence-corrected chi connectivity index (χ1v) is 5.60. The number of ether oxygens (including phenoxy) is 1. The zero-order chi connectivity index (χ0) is 12.0. The molecule has 0 atom stereocenters. The summed E-state index contributed by atoms with van der Waals surface area (Å²) < 4.78 is 5.12. The van der Waals surface area contributed by atoms with Crippen molar-refractivity contribution in [1.82, 2.24) is 4.98 Å². The van der Waals surface area contributed by atoms with E-state index in [1.165, 1.54) is 0 Å². The molecule has 2 N–H and O–H groups in total. The zero-order valence-corrected chi connectivity index (χ0v) is 10.3. The van der Waals surface area contributed by atoms with Gasteiger partial charge in [0, 0.05) is 32.4 Å². The summed E-state index contributed by atoms with van der Waals surface area (Å²) >= 11 is 0. The van der Waals surface area contributed by atoms with Crippen molar-refractivity contribution in [2.75, 3.05) is 25.2 Å². The molecule has 0 aromatic carbocycles. The minimum Gasteiger partial charge on any atom is -0.383 e. The van der Waals surface area contributed by atoms with E-state index in [1.54, 1.807) is 13.3 Å². The Morgan fingerprint density at radius 2 is 2.25 bits per heavy atom. The third-order valence-electron chi connectivity index (χ3n) is 2.53. The molecule has 0 spiro atoms. The third-order valence-corrected chi connectivity index (χ3v) is 2.53. The van der Waals surface area contributed by atoms with Crippen molar-refractivity contribution in [2.45, 2.75) is 26.4 Å². The molecular formula is C12H21N3O. The molecule has 0 aliphatic rings. The van der Waals surface area contributed by atoms with E-state index in [2.05, 4.69) is 29.8 Å². The molecule has 90 valence electrons. The second kappa shape index (κ2) is 6.45. The van der Waals surface area contributed by atoms with Gasteiger partial charge in [0.2, 0.25) is 0 Å². The Morgan fingerprint density at radius 1 is 1.50 bits per heavy atom. The molecule has 4 nitrogen and oxygen atoms in total. The average molecular weight is 223 g/mol. The maximum Gasteiger partial charge on any atom is 0.0772 e. The Labute approximate surface area is 97.4 Å². The fourth-order valence-electron chi connectivity index (χ4n) is 1.69. The lowest BCUT2D eigenvalue weighted by atomic mass is 10.2. The van der Waals surface area contributed by atoms with Gasteiger partial charge in [-0.2, -0.15) is 0 Å². The number of rotatable bonds is 6. The fourth-order valence-corrected chi connectivity index (χ4v) is 1.69. The van der Waals surface area contributed by atoms with Gasteiger partial charge in [0.25, 0.3) is 0 Å². The first-order chi connectivity index (χ1) is 7.70. The van der Waals surface area contributed by atoms with Crippen LogP contribution in [0.15, 0.2) is 18.3 Å². The summed E-state index contributed by atoms with van der Waals surface area (Å²) in [5, 5.41) is 0. The van der Waals surface area contributed by atoms with Crippen LogP contribution in [0.1, 0.15) is 19.5 Å². The normalized spacial score (nSPS) is 10.8. The van der Waals surface area contributed by atoms with Crippen molar-refractivity contribution in [2.24, 2.45) is 5.73 Å². The predicted molar refractivity (Wildman–Crippen MR) is 66.5 cm³/mol. The van der Waals surface area contributed by atoms with Crippen molar-refractivity contribution in [1.29, 1.82) is 0 Å². The van der Waals surface area contributed by atoms with Gasteiger partial charge in [0.15, 0.2) is 0 Å². The van der Waals surface area contributed by atoms with Crippen LogP contribution < -0.4 is 10.6 Å². The molecule has 0 fully saturated rings. The number of nitrogens with two attached hydrogens (primary N) is 1. The number of pyridine rings is 1. The highest BCUT2D eigenvalue weighted by Crippen LogP contribution is 2.19. The first-order valence-electron chi connectivity index (χ1n) is 5.60. The second-order valence-electron chi connectivity index (χ2n) is 3.95. The molecule has 0 amide bonds. The van der Waals surface area contributed by atoms with Gasteiger partial charge in [0.1, 0.15) is 0 Å². The van der Waals surface area contributed by atoms with Crippen molar-refractivity contribution in [3.8, 4) is 0 Å². The molecule has 4 heteroatoms. The smallest absolute Gasteiger partial charge is 0.0772 e. The molecule has 1 aromatic rings. The molecule has 0 saturated heterocycles. The van der Waals surface area contributed by atoms with E-state index in [0.717, 1.165) is 17.9 Å². The molecule has 1 rings (SSSR count). The SMILES string of the molecule is COCCN(c1cccnc1CN)C(C)C. The Kier molecular flexibility index (Phi) is 5.22. The van der Waals surface area contributed by atoms with Crippen LogP contribution in [0.4, 0.5) is 5.69 Å². The van der Waals surface area contributed by atoms with Gasteiger partial charge in [0.05, 0.1) is 18.0 Å². The molecule has 0 aliphatic heterocycles. The second-order valence-corrected chi connectivity index (χ2v) is 3.95. The Hall–Kier alpha value is -1.13. The topological polar surface area (TPSA) is 51.4 Å². The monoisotopic (exact) mass is 223 g/mol. The number of methoxy groups -OCH3 is 1. The van der Waals surface area contributed by atoms with E-state index in [9.17, 15) is 0 Å². The lowest BCUT2D eigenvalue weighted by molar-refractivity contribution is 0.203. The van der Waals surface area contributed by atoms with Gasteiger partial charge >= 0.3 is 0 Å². The lowest BCUT2D eigenvalue weighted by Gasteiger charge is -2.30. The molecular weight excluding hydrogens is 202 g/mol. The Morgan fingerprint density at radius 3 is 2.81 bits per heavy atom. The molecule has 0 saturated carbocycles. The maximum absolute atomic E-state index is 5.70. The van der Waals surface area contributed by atoms with E-state index in [-0.39, 0.29) is 0 Å². The predicted octanol–water partition coefficient (Wildman–Crippen LogP) is 1.40. The molecule has 0 bridgehead atoms. The summed E-state index contributed by atoms with van der Waals surface area (Å²) in [4.78, 5) is 6.56. The summed E-state index contributed by atoms with van der Waals surface area (Å²) in [6, 6.07) is 4.41. The van der Waals surface area contributed by atoms with Crippen LogP contribution in [0.2, 0.25) is 0 Å². The van der Waals surface area contributed by atoms with Crippen LogP contribution in [-0.4, -0.2) is 31.3 Å². The molecule has 1 heterocycles. The van der Waals surface area contributed by atoms with Crippen molar-refractivity contribution >= 4 is 5.69 Å². The molecule has 16 heavy (non-hydrogen) atoms. The highest BCUT2D eigenvalue weighted by atomic mass is 16.5. The van der Waals surface area contributed by atoms with Crippen molar-refractivity contribution < 1.29 is 4.74 Å². The first kappa shape index (κ1) is 12.9. The van der Waals surface area contributed by atoms with Crippen LogP contribution in [0.5, 0.6) is 0 Å². The van der Waals surface area contributed by atoms with E-state index in [0.29, 0.717) is 19.2 Å². The Bertz CT molecular complexity index is 315. The van der Waals surface area contributed by atoms with Gasteiger partial charge < -0.3 is 15.4 Å². The standard InChI is InChI=1S/C12H21N3O/c1-10(2)15(7-8-16-3)12-5-4-6-14-11(12)9-13/h4-6,10H,7-9,13H2,1-3H3. The minimum absolute atomic E-state index is 0.407. The fraction of sp³-hybridized carbons (Fsp3) is 0.583. The number of hydrogen-bond donors (Lipinski definition) is 1. The van der Waals surface area contributed by atoms with E-state index < -0.39 is 0 Å². The van der Waals surface area contributed by atoms with Gasteiger partial charge in [-0.25, -0.2) is 0 Å². The van der Waals surface area contributed by atoms with E-state index >= 15 is 0 Å². The highest BCUT2D eigenvalue weighted by molar-refractivity contribution is 5.51. The highest BCUT2D eigenvalue weighted by Gasteiger charge is 2.13. The number of anilines is 1. The summed E-state index contributed by atoms with van der Waals surface area (Å²) in [5.74, 6) is 0. The van der Waals surface area contributed by atoms with Crippen LogP contribution in [0.3, 0.4) is 0 Å². The molecule has 0 aliphatic carbocycles. The van der Waals surface area contributed by atoms with Crippen LogP contribution in [0, 0.1) is 0 Å². The largest absolute Gasteiger partial charge is 0.383 e. The molecule has 0 radical (unpaired) electrons. The zero-order valence-electron chi connectivity index (χ0n) is 10.3. The number of aromatic nitrogens is 1. The average Bonchev–Trinajstić information content (AvgIpc) is 2.29. The summed E-state index contributed by atoms with van der Waals surface area (Å²) in [7, 11) is 1.71. The minimum atomic E-state index is 0.407. The third kappa shape index (κ3) is 3.18. The maximum atomic E-state index is 5.70.